The Morgan fingerprint density at radius 3 is 2.45 bits per heavy atom. The number of benzene rings is 2. The van der Waals surface area contributed by atoms with Crippen molar-refractivity contribution in [2.75, 3.05) is 6.54 Å². The maximum absolute atomic E-state index is 13.6. The molecule has 0 heterocycles. The van der Waals surface area contributed by atoms with E-state index in [9.17, 15) is 18.4 Å². The Bertz CT molecular complexity index is 841. The van der Waals surface area contributed by atoms with E-state index in [0.29, 0.717) is 25.6 Å². The lowest BCUT2D eigenvalue weighted by molar-refractivity contribution is -0.121. The van der Waals surface area contributed by atoms with E-state index in [0.717, 1.165) is 23.3 Å². The van der Waals surface area contributed by atoms with Crippen molar-refractivity contribution in [2.45, 2.75) is 45.9 Å². The number of hydrogen-bond acceptors (Lipinski definition) is 3. The fraction of sp³-hybridized carbons (Fsp3) is 0.364. The second-order valence-electron chi connectivity index (χ2n) is 6.89. The molecule has 0 bridgehead atoms. The summed E-state index contributed by atoms with van der Waals surface area (Å²) in [4.78, 5) is 23.9. The molecule has 0 aliphatic heterocycles. The van der Waals surface area contributed by atoms with Crippen LogP contribution in [0.3, 0.4) is 0 Å². The first kappa shape index (κ1) is 22.5. The van der Waals surface area contributed by atoms with Crippen LogP contribution in [0, 0.1) is 11.6 Å². The van der Waals surface area contributed by atoms with Crippen molar-refractivity contribution in [2.24, 2.45) is 0 Å². The standard InChI is InChI=1S/C22H26F2N2O3/c1-15(2)29-14-17-7-4-3-6-16(17)13-26-21(27)8-5-11-25-22(28)19-10-9-18(23)12-20(19)24/h3-4,6-7,9-10,12,15H,5,8,11,13-14H2,1-2H3,(H,25,28)(H,26,27). The van der Waals surface area contributed by atoms with Crippen LogP contribution in [0.5, 0.6) is 0 Å². The number of nitrogens with one attached hydrogen (secondary N) is 2. The molecule has 2 amide bonds. The third-order valence-electron chi connectivity index (χ3n) is 4.21. The smallest absolute Gasteiger partial charge is 0.254 e. The molecule has 0 unspecified atom stereocenters. The van der Waals surface area contributed by atoms with E-state index < -0.39 is 17.5 Å². The first-order chi connectivity index (χ1) is 13.9. The summed E-state index contributed by atoms with van der Waals surface area (Å²) in [5, 5.41) is 5.38. The Morgan fingerprint density at radius 1 is 1.03 bits per heavy atom. The van der Waals surface area contributed by atoms with Crippen molar-refractivity contribution >= 4 is 11.8 Å². The second-order valence-corrected chi connectivity index (χ2v) is 6.89. The van der Waals surface area contributed by atoms with Crippen LogP contribution in [0.15, 0.2) is 42.5 Å². The zero-order valence-corrected chi connectivity index (χ0v) is 16.6. The Kier molecular flexibility index (Phi) is 8.73. The number of hydrogen-bond donors (Lipinski definition) is 2. The van der Waals surface area contributed by atoms with Gasteiger partial charge in [0, 0.05) is 25.6 Å². The summed E-state index contributed by atoms with van der Waals surface area (Å²) in [6.07, 6.45) is 0.742. The van der Waals surface area contributed by atoms with E-state index in [1.54, 1.807) is 0 Å². The summed E-state index contributed by atoms with van der Waals surface area (Å²) in [7, 11) is 0. The summed E-state index contributed by atoms with van der Waals surface area (Å²) in [6, 6.07) is 10.5. The molecule has 5 nitrogen and oxygen atoms in total. The molecule has 156 valence electrons. The normalized spacial score (nSPS) is 10.8. The van der Waals surface area contributed by atoms with Crippen LogP contribution in [-0.4, -0.2) is 24.5 Å². The van der Waals surface area contributed by atoms with E-state index in [1.807, 2.05) is 38.1 Å². The molecule has 0 spiro atoms. The lowest BCUT2D eigenvalue weighted by Crippen LogP contribution is -2.28. The second kappa shape index (κ2) is 11.3. The molecule has 0 saturated heterocycles. The molecule has 7 heteroatoms. The fourth-order valence-electron chi connectivity index (χ4n) is 2.63. The molecule has 29 heavy (non-hydrogen) atoms. The number of amides is 2. The molecular formula is C22H26F2N2O3. The third kappa shape index (κ3) is 7.62. The Morgan fingerprint density at radius 2 is 1.76 bits per heavy atom. The third-order valence-corrected chi connectivity index (χ3v) is 4.21. The van der Waals surface area contributed by atoms with Crippen molar-refractivity contribution in [1.29, 1.82) is 0 Å². The molecule has 0 saturated carbocycles. The molecule has 0 radical (unpaired) electrons. The molecule has 2 rings (SSSR count). The molecule has 2 aromatic rings. The van der Waals surface area contributed by atoms with Gasteiger partial charge in [0.2, 0.25) is 5.91 Å². The van der Waals surface area contributed by atoms with Gasteiger partial charge in [-0.2, -0.15) is 0 Å². The van der Waals surface area contributed by atoms with Crippen molar-refractivity contribution in [3.05, 3.63) is 70.8 Å². The van der Waals surface area contributed by atoms with Crippen LogP contribution in [-0.2, 0) is 22.7 Å². The van der Waals surface area contributed by atoms with Crippen molar-refractivity contribution in [3.8, 4) is 0 Å². The molecule has 2 aromatic carbocycles. The van der Waals surface area contributed by atoms with Crippen LogP contribution < -0.4 is 10.6 Å². The van der Waals surface area contributed by atoms with Gasteiger partial charge in [0.05, 0.1) is 18.3 Å². The highest BCUT2D eigenvalue weighted by atomic mass is 19.1. The number of rotatable bonds is 10. The maximum atomic E-state index is 13.6. The van der Waals surface area contributed by atoms with Crippen LogP contribution >= 0.6 is 0 Å². The number of carbonyl (C=O) groups is 2. The summed E-state index contributed by atoms with van der Waals surface area (Å²) in [5.74, 6) is -2.44. The van der Waals surface area contributed by atoms with Gasteiger partial charge in [-0.05, 0) is 43.5 Å². The molecular weight excluding hydrogens is 378 g/mol. The number of ether oxygens (including phenoxy) is 1. The van der Waals surface area contributed by atoms with Crippen LogP contribution in [0.1, 0.15) is 48.2 Å². The number of halogens is 2. The summed E-state index contributed by atoms with van der Waals surface area (Å²) in [5.41, 5.74) is 1.78. The Labute approximate surface area is 169 Å². The first-order valence-electron chi connectivity index (χ1n) is 9.55. The highest BCUT2D eigenvalue weighted by Crippen LogP contribution is 2.12. The fourth-order valence-corrected chi connectivity index (χ4v) is 2.63. The summed E-state index contributed by atoms with van der Waals surface area (Å²) >= 11 is 0. The molecule has 0 atom stereocenters. The van der Waals surface area contributed by atoms with Crippen LogP contribution in [0.4, 0.5) is 8.78 Å². The highest BCUT2D eigenvalue weighted by molar-refractivity contribution is 5.94. The summed E-state index contributed by atoms with van der Waals surface area (Å²) < 4.78 is 32.1. The minimum Gasteiger partial charge on any atom is -0.374 e. The minimum absolute atomic E-state index is 0.122. The van der Waals surface area contributed by atoms with E-state index >= 15 is 0 Å². The SMILES string of the molecule is CC(C)OCc1ccccc1CNC(=O)CCCNC(=O)c1ccc(F)cc1F. The average molecular weight is 404 g/mol. The van der Waals surface area contributed by atoms with Gasteiger partial charge in [-0.1, -0.05) is 24.3 Å². The van der Waals surface area contributed by atoms with Crippen molar-refractivity contribution in [1.82, 2.24) is 10.6 Å². The van der Waals surface area contributed by atoms with Crippen LogP contribution in [0.2, 0.25) is 0 Å². The van der Waals surface area contributed by atoms with E-state index in [2.05, 4.69) is 10.6 Å². The predicted octanol–water partition coefficient (Wildman–Crippen LogP) is 3.72. The predicted molar refractivity (Wildman–Crippen MR) is 106 cm³/mol. The van der Waals surface area contributed by atoms with Crippen LogP contribution in [0.25, 0.3) is 0 Å². The molecule has 0 aliphatic rings. The summed E-state index contributed by atoms with van der Waals surface area (Å²) in [6.45, 7) is 5.02. The van der Waals surface area contributed by atoms with Gasteiger partial charge in [-0.3, -0.25) is 9.59 Å². The van der Waals surface area contributed by atoms with Crippen molar-refractivity contribution in [3.63, 3.8) is 0 Å². The largest absolute Gasteiger partial charge is 0.374 e. The minimum atomic E-state index is -0.916. The zero-order chi connectivity index (χ0) is 21.2. The van der Waals surface area contributed by atoms with E-state index in [-0.39, 0.29) is 30.5 Å². The quantitative estimate of drug-likeness (QED) is 0.593. The number of carbonyl (C=O) groups excluding carboxylic acids is 2. The molecule has 0 fully saturated rings. The average Bonchev–Trinajstić information content (AvgIpc) is 2.68. The van der Waals surface area contributed by atoms with E-state index in [1.165, 1.54) is 0 Å². The van der Waals surface area contributed by atoms with Gasteiger partial charge in [-0.25, -0.2) is 8.78 Å². The lowest BCUT2D eigenvalue weighted by Gasteiger charge is -2.13. The molecule has 2 N–H and O–H groups in total. The highest BCUT2D eigenvalue weighted by Gasteiger charge is 2.12. The monoisotopic (exact) mass is 404 g/mol. The molecule has 0 aliphatic carbocycles. The zero-order valence-electron chi connectivity index (χ0n) is 16.6. The van der Waals surface area contributed by atoms with Gasteiger partial charge in [0.25, 0.3) is 5.91 Å². The topological polar surface area (TPSA) is 67.4 Å². The molecule has 0 aromatic heterocycles. The Hall–Kier alpha value is -2.80. The van der Waals surface area contributed by atoms with Crippen molar-refractivity contribution < 1.29 is 23.1 Å². The van der Waals surface area contributed by atoms with Gasteiger partial charge in [0.15, 0.2) is 0 Å². The van der Waals surface area contributed by atoms with Gasteiger partial charge < -0.3 is 15.4 Å². The lowest BCUT2D eigenvalue weighted by atomic mass is 10.1. The first-order valence-corrected chi connectivity index (χ1v) is 9.55. The Balaban J connectivity index is 1.72. The maximum Gasteiger partial charge on any atom is 0.254 e. The van der Waals surface area contributed by atoms with Gasteiger partial charge in [0.1, 0.15) is 11.6 Å². The van der Waals surface area contributed by atoms with Gasteiger partial charge in [-0.15, -0.1) is 0 Å². The van der Waals surface area contributed by atoms with Gasteiger partial charge >= 0.3 is 0 Å². The van der Waals surface area contributed by atoms with E-state index in [4.69, 9.17) is 4.74 Å².